The van der Waals surface area contributed by atoms with Crippen LogP contribution >= 0.6 is 0 Å². The topological polar surface area (TPSA) is 32.6 Å². The number of rotatable bonds is 3. The summed E-state index contributed by atoms with van der Waals surface area (Å²) >= 11 is 0. The van der Waals surface area contributed by atoms with Crippen molar-refractivity contribution in [1.29, 1.82) is 5.26 Å². The molecule has 4 heterocycles. The summed E-state index contributed by atoms with van der Waals surface area (Å²) in [6.07, 6.45) is 9.41. The van der Waals surface area contributed by atoms with Crippen molar-refractivity contribution in [2.45, 2.75) is 63.2 Å². The summed E-state index contributed by atoms with van der Waals surface area (Å²) in [5.74, 6) is -0.0299. The Labute approximate surface area is 427 Å². The van der Waals surface area contributed by atoms with Crippen LogP contribution in [-0.4, -0.2) is 8.80 Å². The van der Waals surface area contributed by atoms with Crippen molar-refractivity contribution in [3.63, 3.8) is 0 Å². The molecular weight excluding hydrogens is 895 g/mol. The normalized spacial score (nSPS) is 16.7. The summed E-state index contributed by atoms with van der Waals surface area (Å²) in [6.45, 7) is 0. The van der Waals surface area contributed by atoms with Gasteiger partial charge in [-0.1, -0.05) is 140 Å². The van der Waals surface area contributed by atoms with Crippen LogP contribution in [0.3, 0.4) is 0 Å². The Morgan fingerprint density at radius 3 is 1.49 bits per heavy atom. The largest absolute Gasteiger partial charge is 0.308 e. The molecule has 0 saturated carbocycles. The van der Waals surface area contributed by atoms with E-state index in [2.05, 4.69) is 191 Å². The number of benzene rings is 10. The minimum absolute atomic E-state index is 0.00753. The maximum Gasteiger partial charge on any atom is 0.0995 e. The fourth-order valence-corrected chi connectivity index (χ4v) is 16.0. The van der Waals surface area contributed by atoms with E-state index in [1.54, 1.807) is 22.3 Å². The monoisotopic (exact) mass is 941 g/mol. The molecule has 4 aromatic heterocycles. The van der Waals surface area contributed by atoms with E-state index in [1.165, 1.54) is 163 Å². The van der Waals surface area contributed by atoms with Gasteiger partial charge in [-0.15, -0.1) is 0 Å². The highest BCUT2D eigenvalue weighted by molar-refractivity contribution is 6.34. The fourth-order valence-electron chi connectivity index (χ4n) is 16.0. The molecule has 0 unspecified atom stereocenters. The molecule has 5 aliphatic rings. The van der Waals surface area contributed by atoms with Crippen LogP contribution in [0.1, 0.15) is 98.7 Å². The molecule has 14 aromatic rings. The molecule has 0 radical (unpaired) electrons. The zero-order valence-electron chi connectivity index (χ0n) is 40.9. The van der Waals surface area contributed by atoms with Crippen LogP contribution in [0.5, 0.6) is 0 Å². The van der Waals surface area contributed by atoms with Gasteiger partial charge in [-0.3, -0.25) is 0 Å². The van der Waals surface area contributed by atoms with Gasteiger partial charge in [-0.2, -0.15) is 5.26 Å². The Hall–Kier alpha value is -8.71. The average molecular weight is 942 g/mol. The van der Waals surface area contributed by atoms with Crippen LogP contribution in [0.15, 0.2) is 176 Å². The molecule has 5 aliphatic carbocycles. The van der Waals surface area contributed by atoms with E-state index in [-0.39, 0.29) is 11.8 Å². The fraction of sp³-hybridized carbons (Fsp3) is 0.141. The number of aromatic nitrogens is 2. The standard InChI is InChI=1S/C71H47N3/c72-38-43-33-59-68(69-61(43)63-47-28-14-16-30-49(47)64(69)50-31-17-15-29-48(50)63)67-53(41-22-8-3-9-23-41)34-52(40-20-6-2-7-21-40)66-55-37-57-54(36-58(55)74(59)71(66)67)65-44-25-11-10-24-42(44)32-56-62-46-27-13-12-26-45(46)51(39-18-4-1-5-19-39)35-60(62)73(57)70(56)65/h1-9,14-23,28-37,63-64H,10-13,24-27H2. The molecule has 0 aliphatic heterocycles. The van der Waals surface area contributed by atoms with E-state index < -0.39 is 0 Å². The van der Waals surface area contributed by atoms with Crippen molar-refractivity contribution < 1.29 is 0 Å². The Kier molecular flexibility index (Phi) is 7.69. The van der Waals surface area contributed by atoms with Gasteiger partial charge >= 0.3 is 0 Å². The van der Waals surface area contributed by atoms with Crippen molar-refractivity contribution >= 4 is 76.2 Å². The number of hydrogen-bond acceptors (Lipinski definition) is 1. The number of nitriles is 1. The van der Waals surface area contributed by atoms with Crippen LogP contribution in [-0.2, 0) is 25.7 Å². The van der Waals surface area contributed by atoms with Crippen molar-refractivity contribution in [3.05, 3.63) is 237 Å². The van der Waals surface area contributed by atoms with Crippen LogP contribution in [0.2, 0.25) is 0 Å². The van der Waals surface area contributed by atoms with E-state index >= 15 is 0 Å². The lowest BCUT2D eigenvalue weighted by Gasteiger charge is -2.43. The predicted octanol–water partition coefficient (Wildman–Crippen LogP) is 17.6. The lowest BCUT2D eigenvalue weighted by atomic mass is 9.59. The Morgan fingerprint density at radius 1 is 0.365 bits per heavy atom. The van der Waals surface area contributed by atoms with Crippen molar-refractivity contribution in [3.8, 4) is 39.4 Å². The molecule has 0 amide bonds. The highest BCUT2D eigenvalue weighted by Crippen LogP contribution is 2.61. The molecule has 0 spiro atoms. The van der Waals surface area contributed by atoms with Gasteiger partial charge < -0.3 is 8.80 Å². The van der Waals surface area contributed by atoms with Gasteiger partial charge in [0.05, 0.1) is 44.7 Å². The third kappa shape index (κ3) is 4.84. The maximum atomic E-state index is 11.5. The molecular formula is C71H47N3. The summed E-state index contributed by atoms with van der Waals surface area (Å²) in [5, 5.41) is 22.4. The number of nitrogens with zero attached hydrogens (tertiary/aromatic N) is 3. The summed E-state index contributed by atoms with van der Waals surface area (Å²) in [4.78, 5) is 0. The molecule has 74 heavy (non-hydrogen) atoms. The minimum Gasteiger partial charge on any atom is -0.308 e. The second-order valence-corrected chi connectivity index (χ2v) is 22.1. The molecule has 0 saturated heterocycles. The quantitative estimate of drug-likeness (QED) is 0.174. The van der Waals surface area contributed by atoms with Gasteiger partial charge in [0.1, 0.15) is 0 Å². The summed E-state index contributed by atoms with van der Waals surface area (Å²) in [5.41, 5.74) is 30.1. The molecule has 2 bridgehead atoms. The smallest absolute Gasteiger partial charge is 0.0995 e. The van der Waals surface area contributed by atoms with Gasteiger partial charge in [-0.05, 0) is 177 Å². The lowest BCUT2D eigenvalue weighted by Crippen LogP contribution is -2.28. The lowest BCUT2D eigenvalue weighted by molar-refractivity contribution is 0.690. The predicted molar refractivity (Wildman–Crippen MR) is 305 cm³/mol. The summed E-state index contributed by atoms with van der Waals surface area (Å²) in [7, 11) is 0. The summed E-state index contributed by atoms with van der Waals surface area (Å²) < 4.78 is 5.34. The van der Waals surface area contributed by atoms with E-state index in [9.17, 15) is 5.26 Å². The van der Waals surface area contributed by atoms with E-state index in [0.717, 1.165) is 36.8 Å². The van der Waals surface area contributed by atoms with Gasteiger partial charge in [0.15, 0.2) is 0 Å². The third-order valence-corrected chi connectivity index (χ3v) is 18.7. The zero-order valence-corrected chi connectivity index (χ0v) is 40.9. The van der Waals surface area contributed by atoms with Crippen LogP contribution < -0.4 is 0 Å². The van der Waals surface area contributed by atoms with E-state index in [4.69, 9.17) is 0 Å². The van der Waals surface area contributed by atoms with Crippen molar-refractivity contribution in [2.24, 2.45) is 0 Å². The number of hydrogen-bond donors (Lipinski definition) is 0. The first-order valence-electron chi connectivity index (χ1n) is 27.1. The summed E-state index contributed by atoms with van der Waals surface area (Å²) in [6, 6.07) is 69.6. The molecule has 10 aromatic carbocycles. The van der Waals surface area contributed by atoms with E-state index in [0.29, 0.717) is 0 Å². The highest BCUT2D eigenvalue weighted by Gasteiger charge is 2.45. The first-order valence-corrected chi connectivity index (χ1v) is 27.1. The SMILES string of the molecule is N#Cc1cc2c(c3c1C1c4ccccc4C3c3ccccc31)c1c(-c3ccccc3)cc(-c3ccccc3)c3c4cc5c(cc4n2c31)c1c2c(cc3c4c6c(c(-c7ccccc7)cc4n5c31)CCCC6)CCCC2. The average Bonchev–Trinajstić information content (AvgIpc) is 4.20. The van der Waals surface area contributed by atoms with Gasteiger partial charge in [0, 0.05) is 54.9 Å². The molecule has 19 rings (SSSR count). The van der Waals surface area contributed by atoms with Crippen LogP contribution in [0.25, 0.3) is 110 Å². The Morgan fingerprint density at radius 2 is 0.865 bits per heavy atom. The second kappa shape index (κ2) is 14.3. The van der Waals surface area contributed by atoms with Crippen LogP contribution in [0.4, 0.5) is 0 Å². The molecule has 0 N–H and O–H groups in total. The highest BCUT2D eigenvalue weighted by atomic mass is 14.9. The number of fused-ring (bicyclic) bond motifs is 16. The second-order valence-electron chi connectivity index (χ2n) is 22.1. The molecule has 0 fully saturated rings. The maximum absolute atomic E-state index is 11.5. The zero-order chi connectivity index (χ0) is 48.1. The Bertz CT molecular complexity index is 4790. The molecule has 3 heteroatoms. The minimum atomic E-state index is -0.0223. The molecule has 0 atom stereocenters. The molecule has 346 valence electrons. The van der Waals surface area contributed by atoms with Crippen molar-refractivity contribution in [2.75, 3.05) is 0 Å². The van der Waals surface area contributed by atoms with Crippen molar-refractivity contribution in [1.82, 2.24) is 8.80 Å². The van der Waals surface area contributed by atoms with Gasteiger partial charge in [0.2, 0.25) is 0 Å². The van der Waals surface area contributed by atoms with Gasteiger partial charge in [-0.25, -0.2) is 0 Å². The Balaban J connectivity index is 1.07. The molecule has 3 nitrogen and oxygen atoms in total. The van der Waals surface area contributed by atoms with Crippen LogP contribution in [0, 0.1) is 11.3 Å². The third-order valence-electron chi connectivity index (χ3n) is 18.7. The van der Waals surface area contributed by atoms with Gasteiger partial charge in [0.25, 0.3) is 0 Å². The number of aryl methyl sites for hydroxylation is 3. The first-order chi connectivity index (χ1) is 36.7. The van der Waals surface area contributed by atoms with E-state index in [1.807, 2.05) is 0 Å². The first kappa shape index (κ1) is 39.9.